The topological polar surface area (TPSA) is 76.0 Å². The Labute approximate surface area is 93.0 Å². The second-order valence-electron chi connectivity index (χ2n) is 3.85. The number of carbonyl (C=O) groups is 2. The molecule has 86 valence electrons. The molecule has 0 radical (unpaired) electrons. The number of aryl methyl sites for hydroxylation is 1. The van der Waals surface area contributed by atoms with Gasteiger partial charge in [0.25, 0.3) is 0 Å². The van der Waals surface area contributed by atoms with Gasteiger partial charge in [-0.1, -0.05) is 0 Å². The van der Waals surface area contributed by atoms with Crippen LogP contribution in [0.5, 0.6) is 0 Å². The molecule has 0 spiro atoms. The molecule has 0 aromatic carbocycles. The first kappa shape index (κ1) is 10.8. The minimum atomic E-state index is -0.379. The molecule has 0 saturated carbocycles. The molecule has 1 atom stereocenters. The lowest BCUT2D eigenvalue weighted by Gasteiger charge is -2.07. The highest BCUT2D eigenvalue weighted by atomic mass is 16.2. The Hall–Kier alpha value is -1.69. The van der Waals surface area contributed by atoms with E-state index in [2.05, 4.69) is 15.7 Å². The van der Waals surface area contributed by atoms with Crippen LogP contribution in [0.15, 0.2) is 12.3 Å². The van der Waals surface area contributed by atoms with Crippen LogP contribution in [0.1, 0.15) is 12.1 Å². The predicted molar refractivity (Wildman–Crippen MR) is 56.5 cm³/mol. The number of nitrogens with one attached hydrogen (secondary N) is 2. The van der Waals surface area contributed by atoms with E-state index in [1.165, 1.54) is 0 Å². The summed E-state index contributed by atoms with van der Waals surface area (Å²) in [6, 6.07) is 1.55. The van der Waals surface area contributed by atoms with E-state index in [0.717, 1.165) is 12.1 Å². The Balaban J connectivity index is 1.76. The number of aromatic nitrogens is 2. The maximum atomic E-state index is 11.2. The molecule has 1 aromatic rings. The van der Waals surface area contributed by atoms with Crippen LogP contribution in [-0.4, -0.2) is 34.2 Å². The van der Waals surface area contributed by atoms with Crippen LogP contribution in [0.3, 0.4) is 0 Å². The Kier molecular flexibility index (Phi) is 3.00. The fraction of sp³-hybridized carbons (Fsp3) is 0.500. The first-order chi connectivity index (χ1) is 7.65. The second kappa shape index (κ2) is 4.44. The normalized spacial score (nSPS) is 20.2. The summed E-state index contributed by atoms with van der Waals surface area (Å²) in [4.78, 5) is 22.1. The zero-order valence-electron chi connectivity index (χ0n) is 9.06. The van der Waals surface area contributed by atoms with Gasteiger partial charge in [-0.25, -0.2) is 0 Å². The van der Waals surface area contributed by atoms with E-state index in [1.54, 1.807) is 4.68 Å². The second-order valence-corrected chi connectivity index (χ2v) is 3.85. The maximum absolute atomic E-state index is 11.2. The van der Waals surface area contributed by atoms with Crippen LogP contribution in [0, 0.1) is 0 Å². The summed E-state index contributed by atoms with van der Waals surface area (Å²) in [6.07, 6.45) is 2.86. The third-order valence-corrected chi connectivity index (χ3v) is 2.51. The van der Waals surface area contributed by atoms with E-state index in [4.69, 9.17) is 0 Å². The quantitative estimate of drug-likeness (QED) is 0.638. The number of hydrogen-bond acceptors (Lipinski definition) is 4. The average molecular weight is 222 g/mol. The van der Waals surface area contributed by atoms with Gasteiger partial charge in [-0.15, -0.1) is 0 Å². The molecule has 2 heterocycles. The average Bonchev–Trinajstić information content (AvgIpc) is 2.74. The summed E-state index contributed by atoms with van der Waals surface area (Å²) in [5.41, 5.74) is 0.972. The number of hydrogen-bond donors (Lipinski definition) is 2. The van der Waals surface area contributed by atoms with Crippen molar-refractivity contribution in [1.29, 1.82) is 0 Å². The van der Waals surface area contributed by atoms with Gasteiger partial charge >= 0.3 is 0 Å². The van der Waals surface area contributed by atoms with Crippen molar-refractivity contribution in [3.8, 4) is 0 Å². The highest BCUT2D eigenvalue weighted by Gasteiger charge is 2.29. The van der Waals surface area contributed by atoms with Crippen LogP contribution in [0.2, 0.25) is 0 Å². The van der Waals surface area contributed by atoms with Crippen molar-refractivity contribution in [3.63, 3.8) is 0 Å². The third-order valence-electron chi connectivity index (χ3n) is 2.51. The van der Waals surface area contributed by atoms with E-state index in [1.807, 2.05) is 19.3 Å². The van der Waals surface area contributed by atoms with E-state index < -0.39 is 0 Å². The molecular formula is C10H14N4O2. The summed E-state index contributed by atoms with van der Waals surface area (Å²) in [6.45, 7) is 0.641. The molecular weight excluding hydrogens is 208 g/mol. The molecule has 0 aliphatic carbocycles. The molecule has 1 saturated heterocycles. The molecule has 2 rings (SSSR count). The van der Waals surface area contributed by atoms with Crippen molar-refractivity contribution in [2.75, 3.05) is 6.54 Å². The van der Waals surface area contributed by atoms with Gasteiger partial charge in [0, 0.05) is 26.2 Å². The monoisotopic (exact) mass is 222 g/mol. The molecule has 1 unspecified atom stereocenters. The van der Waals surface area contributed by atoms with Gasteiger partial charge in [-0.3, -0.25) is 19.6 Å². The fourth-order valence-electron chi connectivity index (χ4n) is 1.69. The van der Waals surface area contributed by atoms with E-state index >= 15 is 0 Å². The third kappa shape index (κ3) is 2.46. The van der Waals surface area contributed by atoms with Gasteiger partial charge in [0.1, 0.15) is 0 Å². The van der Waals surface area contributed by atoms with Gasteiger partial charge in [-0.05, 0) is 6.07 Å². The molecule has 16 heavy (non-hydrogen) atoms. The van der Waals surface area contributed by atoms with Crippen LogP contribution < -0.4 is 10.6 Å². The van der Waals surface area contributed by atoms with Gasteiger partial charge in [0.15, 0.2) is 0 Å². The number of nitrogens with zero attached hydrogens (tertiary/aromatic N) is 2. The Morgan fingerprint density at radius 2 is 2.44 bits per heavy atom. The van der Waals surface area contributed by atoms with Gasteiger partial charge < -0.3 is 5.32 Å². The molecule has 6 nitrogen and oxygen atoms in total. The molecule has 1 aliphatic heterocycles. The first-order valence-corrected chi connectivity index (χ1v) is 5.21. The number of rotatable bonds is 4. The van der Waals surface area contributed by atoms with Crippen LogP contribution in [-0.2, 0) is 23.1 Å². The lowest BCUT2D eigenvalue weighted by molar-refractivity contribution is -0.125. The van der Waals surface area contributed by atoms with Crippen molar-refractivity contribution in [1.82, 2.24) is 20.4 Å². The molecule has 1 aliphatic rings. The van der Waals surface area contributed by atoms with Gasteiger partial charge in [-0.2, -0.15) is 5.10 Å². The van der Waals surface area contributed by atoms with Crippen molar-refractivity contribution < 1.29 is 9.59 Å². The van der Waals surface area contributed by atoms with Crippen molar-refractivity contribution in [3.05, 3.63) is 18.0 Å². The highest BCUT2D eigenvalue weighted by molar-refractivity contribution is 6.05. The predicted octanol–water partition coefficient (Wildman–Crippen LogP) is -1.03. The molecule has 1 fully saturated rings. The van der Waals surface area contributed by atoms with E-state index in [-0.39, 0.29) is 24.3 Å². The minimum absolute atomic E-state index is 0.208. The Bertz CT molecular complexity index is 413. The van der Waals surface area contributed by atoms with Crippen molar-refractivity contribution >= 4 is 11.8 Å². The summed E-state index contributed by atoms with van der Waals surface area (Å²) in [5, 5.41) is 9.51. The standard InChI is InChI=1S/C10H14N4O2/c1-14-5-3-7(13-14)2-4-11-8-6-9(15)12-10(8)16/h3,5,8,11H,2,4,6H2,1H3,(H,12,15,16). The van der Waals surface area contributed by atoms with Crippen LogP contribution in [0.4, 0.5) is 0 Å². The lowest BCUT2D eigenvalue weighted by atomic mass is 10.2. The Morgan fingerprint density at radius 3 is 3.00 bits per heavy atom. The first-order valence-electron chi connectivity index (χ1n) is 5.21. The largest absolute Gasteiger partial charge is 0.305 e. The molecule has 2 N–H and O–H groups in total. The maximum Gasteiger partial charge on any atom is 0.244 e. The highest BCUT2D eigenvalue weighted by Crippen LogP contribution is 2.01. The molecule has 0 bridgehead atoms. The zero-order chi connectivity index (χ0) is 11.5. The molecule has 2 amide bonds. The summed E-state index contributed by atoms with van der Waals surface area (Å²) in [7, 11) is 1.86. The summed E-state index contributed by atoms with van der Waals surface area (Å²) >= 11 is 0. The van der Waals surface area contributed by atoms with Crippen LogP contribution >= 0.6 is 0 Å². The smallest absolute Gasteiger partial charge is 0.244 e. The zero-order valence-corrected chi connectivity index (χ0v) is 9.06. The molecule has 6 heteroatoms. The fourth-order valence-corrected chi connectivity index (χ4v) is 1.69. The number of carbonyl (C=O) groups excluding carboxylic acids is 2. The van der Waals surface area contributed by atoms with E-state index in [9.17, 15) is 9.59 Å². The lowest BCUT2D eigenvalue weighted by Crippen LogP contribution is -2.37. The Morgan fingerprint density at radius 1 is 1.62 bits per heavy atom. The number of amides is 2. The summed E-state index contributed by atoms with van der Waals surface area (Å²) in [5.74, 6) is -0.439. The molecule has 1 aromatic heterocycles. The number of imide groups is 1. The van der Waals surface area contributed by atoms with Crippen molar-refractivity contribution in [2.45, 2.75) is 18.9 Å². The van der Waals surface area contributed by atoms with Crippen LogP contribution in [0.25, 0.3) is 0 Å². The van der Waals surface area contributed by atoms with Gasteiger partial charge in [0.2, 0.25) is 11.8 Å². The minimum Gasteiger partial charge on any atom is -0.305 e. The summed E-state index contributed by atoms with van der Waals surface area (Å²) < 4.78 is 1.74. The SMILES string of the molecule is Cn1ccc(CCNC2CC(=O)NC2=O)n1. The van der Waals surface area contributed by atoms with Crippen molar-refractivity contribution in [2.24, 2.45) is 7.05 Å². The van der Waals surface area contributed by atoms with Gasteiger partial charge in [0.05, 0.1) is 18.2 Å². The van der Waals surface area contributed by atoms with E-state index in [0.29, 0.717) is 6.54 Å².